The molecule has 1 aliphatic rings. The van der Waals surface area contributed by atoms with Crippen molar-refractivity contribution in [1.82, 2.24) is 9.80 Å². The quantitative estimate of drug-likeness (QED) is 0.610. The van der Waals surface area contributed by atoms with Crippen LogP contribution in [-0.2, 0) is 6.54 Å². The van der Waals surface area contributed by atoms with E-state index in [-0.39, 0.29) is 10.6 Å². The summed E-state index contributed by atoms with van der Waals surface area (Å²) < 4.78 is 0.532. The molecular weight excluding hydrogens is 322 g/mol. The van der Waals surface area contributed by atoms with Gasteiger partial charge in [0.1, 0.15) is 0 Å². The third kappa shape index (κ3) is 3.77. The van der Waals surface area contributed by atoms with Gasteiger partial charge in [0.2, 0.25) is 0 Å². The fourth-order valence-corrected chi connectivity index (χ4v) is 3.13. The monoisotopic (exact) mass is 341 g/mol. The van der Waals surface area contributed by atoms with E-state index in [1.54, 1.807) is 12.1 Å². The SMILES string of the molecule is CN(Cc1ccc(Br)c([N+](=O)[O-])c1)CC1CCCN1C. The number of hydrogen-bond donors (Lipinski definition) is 0. The van der Waals surface area contributed by atoms with Gasteiger partial charge in [0, 0.05) is 25.2 Å². The van der Waals surface area contributed by atoms with Crippen LogP contribution in [0.1, 0.15) is 18.4 Å². The lowest BCUT2D eigenvalue weighted by atomic mass is 10.1. The lowest BCUT2D eigenvalue weighted by molar-refractivity contribution is -0.385. The average molecular weight is 342 g/mol. The Morgan fingerprint density at radius 3 is 2.90 bits per heavy atom. The predicted octanol–water partition coefficient (Wildman–Crippen LogP) is 2.88. The summed E-state index contributed by atoms with van der Waals surface area (Å²) in [4.78, 5) is 15.2. The summed E-state index contributed by atoms with van der Waals surface area (Å²) in [6.07, 6.45) is 2.50. The van der Waals surface area contributed by atoms with E-state index in [0.717, 1.165) is 18.7 Å². The van der Waals surface area contributed by atoms with Crippen molar-refractivity contribution in [1.29, 1.82) is 0 Å². The van der Waals surface area contributed by atoms with Gasteiger partial charge >= 0.3 is 0 Å². The summed E-state index contributed by atoms with van der Waals surface area (Å²) in [6, 6.07) is 5.94. The third-order valence-corrected chi connectivity index (χ3v) is 4.52. The molecule has 0 N–H and O–H groups in total. The maximum Gasteiger partial charge on any atom is 0.283 e. The van der Waals surface area contributed by atoms with Crippen LogP contribution in [0.4, 0.5) is 5.69 Å². The van der Waals surface area contributed by atoms with Gasteiger partial charge in [0.25, 0.3) is 5.69 Å². The van der Waals surface area contributed by atoms with Crippen LogP contribution in [0.2, 0.25) is 0 Å². The van der Waals surface area contributed by atoms with Crippen LogP contribution in [0.25, 0.3) is 0 Å². The molecule has 1 unspecified atom stereocenters. The lowest BCUT2D eigenvalue weighted by Crippen LogP contribution is -2.36. The van der Waals surface area contributed by atoms with Crippen molar-refractivity contribution in [3.8, 4) is 0 Å². The van der Waals surface area contributed by atoms with Gasteiger partial charge in [-0.1, -0.05) is 6.07 Å². The summed E-state index contributed by atoms with van der Waals surface area (Å²) >= 11 is 3.21. The number of nitrogens with zero attached hydrogens (tertiary/aromatic N) is 3. The highest BCUT2D eigenvalue weighted by molar-refractivity contribution is 9.10. The number of nitro groups is 1. The number of halogens is 1. The second-order valence-electron chi connectivity index (χ2n) is 5.52. The van der Waals surface area contributed by atoms with E-state index in [1.165, 1.54) is 19.4 Å². The molecule has 1 saturated heterocycles. The number of nitro benzene ring substituents is 1. The van der Waals surface area contributed by atoms with Gasteiger partial charge in [0.15, 0.2) is 0 Å². The topological polar surface area (TPSA) is 49.6 Å². The maximum atomic E-state index is 10.9. The maximum absolute atomic E-state index is 10.9. The van der Waals surface area contributed by atoms with Gasteiger partial charge in [-0.15, -0.1) is 0 Å². The molecule has 1 fully saturated rings. The minimum Gasteiger partial charge on any atom is -0.302 e. The Hall–Kier alpha value is -0.980. The van der Waals surface area contributed by atoms with Crippen LogP contribution in [0.5, 0.6) is 0 Å². The van der Waals surface area contributed by atoms with Gasteiger partial charge in [-0.05, 0) is 61.0 Å². The molecule has 1 atom stereocenters. The summed E-state index contributed by atoms with van der Waals surface area (Å²) in [6.45, 7) is 2.90. The number of likely N-dealkylation sites (N-methyl/N-ethyl adjacent to an activating group) is 2. The highest BCUT2D eigenvalue weighted by atomic mass is 79.9. The van der Waals surface area contributed by atoms with Crippen molar-refractivity contribution in [2.75, 3.05) is 27.2 Å². The van der Waals surface area contributed by atoms with Gasteiger partial charge in [0.05, 0.1) is 9.40 Å². The van der Waals surface area contributed by atoms with E-state index in [2.05, 4.69) is 39.8 Å². The van der Waals surface area contributed by atoms with E-state index < -0.39 is 0 Å². The summed E-state index contributed by atoms with van der Waals surface area (Å²) in [5.74, 6) is 0. The van der Waals surface area contributed by atoms with E-state index in [1.807, 2.05) is 6.07 Å². The van der Waals surface area contributed by atoms with E-state index >= 15 is 0 Å². The molecule has 0 bridgehead atoms. The summed E-state index contributed by atoms with van der Waals surface area (Å²) in [5, 5.41) is 10.9. The summed E-state index contributed by atoms with van der Waals surface area (Å²) in [5.41, 5.74) is 1.11. The van der Waals surface area contributed by atoms with E-state index in [0.29, 0.717) is 10.5 Å². The predicted molar refractivity (Wildman–Crippen MR) is 82.8 cm³/mol. The molecule has 5 nitrogen and oxygen atoms in total. The lowest BCUT2D eigenvalue weighted by Gasteiger charge is -2.25. The first kappa shape index (κ1) is 15.4. The van der Waals surface area contributed by atoms with Gasteiger partial charge in [-0.2, -0.15) is 0 Å². The zero-order chi connectivity index (χ0) is 14.7. The minimum absolute atomic E-state index is 0.133. The van der Waals surface area contributed by atoms with Crippen molar-refractivity contribution in [2.45, 2.75) is 25.4 Å². The second kappa shape index (κ2) is 6.65. The molecule has 20 heavy (non-hydrogen) atoms. The second-order valence-corrected chi connectivity index (χ2v) is 6.37. The minimum atomic E-state index is -0.349. The van der Waals surface area contributed by atoms with Crippen molar-refractivity contribution < 1.29 is 4.92 Å². The highest BCUT2D eigenvalue weighted by Gasteiger charge is 2.22. The Bertz CT molecular complexity index is 495. The number of rotatable bonds is 5. The Morgan fingerprint density at radius 2 is 2.30 bits per heavy atom. The van der Waals surface area contributed by atoms with Gasteiger partial charge < -0.3 is 9.80 Å². The van der Waals surface area contributed by atoms with Crippen LogP contribution in [0, 0.1) is 10.1 Å². The van der Waals surface area contributed by atoms with Crippen LogP contribution in [-0.4, -0.2) is 47.9 Å². The standard InChI is InChI=1S/C14H20BrN3O2/c1-16(10-12-4-3-7-17(12)2)9-11-5-6-13(15)14(8-11)18(19)20/h5-6,8,12H,3-4,7,9-10H2,1-2H3. The smallest absolute Gasteiger partial charge is 0.283 e. The molecule has 0 aliphatic carbocycles. The van der Waals surface area contributed by atoms with Crippen molar-refractivity contribution >= 4 is 21.6 Å². The summed E-state index contributed by atoms with van der Waals surface area (Å²) in [7, 11) is 4.23. The average Bonchev–Trinajstić information content (AvgIpc) is 2.77. The molecule has 1 aromatic carbocycles. The first-order valence-electron chi connectivity index (χ1n) is 6.79. The molecule has 1 aliphatic heterocycles. The fraction of sp³-hybridized carbons (Fsp3) is 0.571. The zero-order valence-corrected chi connectivity index (χ0v) is 13.5. The van der Waals surface area contributed by atoms with E-state index in [4.69, 9.17) is 0 Å². The molecule has 6 heteroatoms. The molecule has 110 valence electrons. The normalized spacial score (nSPS) is 19.7. The number of likely N-dealkylation sites (tertiary alicyclic amines) is 1. The molecule has 0 aromatic heterocycles. The van der Waals surface area contributed by atoms with Crippen molar-refractivity contribution in [2.24, 2.45) is 0 Å². The molecule has 2 rings (SSSR count). The van der Waals surface area contributed by atoms with Crippen LogP contribution < -0.4 is 0 Å². The number of hydrogen-bond acceptors (Lipinski definition) is 4. The Labute approximate surface area is 127 Å². The third-order valence-electron chi connectivity index (χ3n) is 3.85. The fourth-order valence-electron chi connectivity index (χ4n) is 2.74. The van der Waals surface area contributed by atoms with Gasteiger partial charge in [-0.3, -0.25) is 10.1 Å². The molecule has 0 spiro atoms. The first-order valence-corrected chi connectivity index (χ1v) is 7.58. The molecule has 0 saturated carbocycles. The van der Waals surface area contributed by atoms with Gasteiger partial charge in [-0.25, -0.2) is 0 Å². The molecule has 0 radical (unpaired) electrons. The van der Waals surface area contributed by atoms with Crippen molar-refractivity contribution in [3.63, 3.8) is 0 Å². The number of benzene rings is 1. The highest BCUT2D eigenvalue weighted by Crippen LogP contribution is 2.26. The van der Waals surface area contributed by atoms with Crippen LogP contribution >= 0.6 is 15.9 Å². The first-order chi connectivity index (χ1) is 9.47. The van der Waals surface area contributed by atoms with Crippen LogP contribution in [0.3, 0.4) is 0 Å². The molecule has 0 amide bonds. The van der Waals surface area contributed by atoms with Crippen LogP contribution in [0.15, 0.2) is 22.7 Å². The zero-order valence-electron chi connectivity index (χ0n) is 11.9. The van der Waals surface area contributed by atoms with E-state index in [9.17, 15) is 10.1 Å². The Kier molecular flexibility index (Phi) is 5.12. The Morgan fingerprint density at radius 1 is 1.55 bits per heavy atom. The van der Waals surface area contributed by atoms with Crippen molar-refractivity contribution in [3.05, 3.63) is 38.3 Å². The Balaban J connectivity index is 1.98. The molecule has 1 heterocycles. The molecular formula is C14H20BrN3O2. The largest absolute Gasteiger partial charge is 0.302 e. The molecule has 1 aromatic rings.